The van der Waals surface area contributed by atoms with Crippen LogP contribution in [-0.4, -0.2) is 13.2 Å². The Hall–Kier alpha value is -1.46. The van der Waals surface area contributed by atoms with E-state index in [-0.39, 0.29) is 6.04 Å². The number of ether oxygens (including phenoxy) is 2. The lowest BCUT2D eigenvalue weighted by atomic mass is 10.0. The van der Waals surface area contributed by atoms with Crippen LogP contribution in [0.2, 0.25) is 0 Å². The highest BCUT2D eigenvalue weighted by Crippen LogP contribution is 2.37. The minimum Gasteiger partial charge on any atom is -0.490 e. The zero-order valence-electron chi connectivity index (χ0n) is 12.5. The molecule has 0 aliphatic rings. The topological polar surface area (TPSA) is 57.6 Å². The van der Waals surface area contributed by atoms with E-state index in [0.29, 0.717) is 24.7 Å². The highest BCUT2D eigenvalue weighted by molar-refractivity contribution is 9.10. The maximum Gasteiger partial charge on any atom is 0.162 e. The third-order valence-corrected chi connectivity index (χ3v) is 3.79. The fourth-order valence-corrected chi connectivity index (χ4v) is 2.70. The molecule has 1 aromatic carbocycles. The second kappa shape index (κ2) is 7.00. The molecule has 1 heterocycles. The Labute approximate surface area is 133 Å². The normalized spacial score (nSPS) is 12.2. The molecule has 0 fully saturated rings. The number of nitrogens with two attached hydrogens (primary N) is 1. The van der Waals surface area contributed by atoms with Crippen molar-refractivity contribution in [1.82, 2.24) is 0 Å². The molecule has 5 heteroatoms. The van der Waals surface area contributed by atoms with Crippen molar-refractivity contribution in [3.8, 4) is 11.5 Å². The van der Waals surface area contributed by atoms with Gasteiger partial charge in [-0.3, -0.25) is 0 Å². The van der Waals surface area contributed by atoms with Crippen LogP contribution in [0.25, 0.3) is 0 Å². The number of hydrogen-bond donors (Lipinski definition) is 1. The van der Waals surface area contributed by atoms with E-state index in [1.807, 2.05) is 39.0 Å². The van der Waals surface area contributed by atoms with Gasteiger partial charge in [-0.1, -0.05) is 15.9 Å². The van der Waals surface area contributed by atoms with Gasteiger partial charge in [0, 0.05) is 10.0 Å². The first-order valence-electron chi connectivity index (χ1n) is 6.96. The van der Waals surface area contributed by atoms with Crippen LogP contribution in [0.5, 0.6) is 11.5 Å². The molecule has 4 nitrogen and oxygen atoms in total. The van der Waals surface area contributed by atoms with E-state index in [4.69, 9.17) is 19.6 Å². The summed E-state index contributed by atoms with van der Waals surface area (Å²) in [4.78, 5) is 0. The maximum atomic E-state index is 6.33. The summed E-state index contributed by atoms with van der Waals surface area (Å²) in [6.07, 6.45) is 1.68. The Balaban J connectivity index is 2.40. The maximum absolute atomic E-state index is 6.33. The van der Waals surface area contributed by atoms with Crippen molar-refractivity contribution in [3.63, 3.8) is 0 Å². The lowest BCUT2D eigenvalue weighted by molar-refractivity contribution is 0.287. The van der Waals surface area contributed by atoms with E-state index < -0.39 is 0 Å². The number of halogens is 1. The molecule has 0 saturated carbocycles. The highest BCUT2D eigenvalue weighted by Gasteiger charge is 2.18. The predicted molar refractivity (Wildman–Crippen MR) is 86.0 cm³/mol. The molecule has 1 atom stereocenters. The van der Waals surface area contributed by atoms with Crippen molar-refractivity contribution < 1.29 is 13.9 Å². The minimum absolute atomic E-state index is 0.285. The van der Waals surface area contributed by atoms with E-state index >= 15 is 0 Å². The molecule has 0 saturated heterocycles. The molecule has 0 radical (unpaired) electrons. The lowest BCUT2D eigenvalue weighted by Crippen LogP contribution is -2.12. The van der Waals surface area contributed by atoms with E-state index in [1.165, 1.54) is 0 Å². The standard InChI is InChI=1S/C16H20BrNO3/c1-4-19-14-7-12(13(17)8-15(14)20-5-2)16(18)11-6-10(3)21-9-11/h6-9,16H,4-5,18H2,1-3H3. The molecule has 21 heavy (non-hydrogen) atoms. The molecule has 2 rings (SSSR count). The van der Waals surface area contributed by atoms with Gasteiger partial charge in [0.2, 0.25) is 0 Å². The number of furan rings is 1. The summed E-state index contributed by atoms with van der Waals surface area (Å²) in [7, 11) is 0. The number of aryl methyl sites for hydroxylation is 1. The fraction of sp³-hybridized carbons (Fsp3) is 0.375. The molecule has 0 amide bonds. The van der Waals surface area contributed by atoms with Crippen molar-refractivity contribution in [2.75, 3.05) is 13.2 Å². The molecule has 2 N–H and O–H groups in total. The van der Waals surface area contributed by atoms with Crippen LogP contribution in [0.4, 0.5) is 0 Å². The molecule has 0 aliphatic heterocycles. The van der Waals surface area contributed by atoms with Gasteiger partial charge in [-0.05, 0) is 44.5 Å². The summed E-state index contributed by atoms with van der Waals surface area (Å²) in [5.41, 5.74) is 8.20. The van der Waals surface area contributed by atoms with Gasteiger partial charge in [0.25, 0.3) is 0 Å². The number of benzene rings is 1. The van der Waals surface area contributed by atoms with Gasteiger partial charge >= 0.3 is 0 Å². The van der Waals surface area contributed by atoms with Crippen LogP contribution in [-0.2, 0) is 0 Å². The molecular weight excluding hydrogens is 334 g/mol. The third kappa shape index (κ3) is 3.60. The first-order valence-corrected chi connectivity index (χ1v) is 7.75. The van der Waals surface area contributed by atoms with Gasteiger partial charge < -0.3 is 19.6 Å². The first-order chi connectivity index (χ1) is 10.1. The van der Waals surface area contributed by atoms with Gasteiger partial charge in [0.05, 0.1) is 25.5 Å². The SMILES string of the molecule is CCOc1cc(Br)c(C(N)c2coc(C)c2)cc1OCC. The molecule has 114 valence electrons. The summed E-state index contributed by atoms with van der Waals surface area (Å²) < 4.78 is 17.5. The van der Waals surface area contributed by atoms with Crippen molar-refractivity contribution in [2.24, 2.45) is 5.73 Å². The second-order valence-electron chi connectivity index (χ2n) is 4.65. The third-order valence-electron chi connectivity index (χ3n) is 3.11. The Kier molecular flexibility index (Phi) is 5.31. The summed E-state index contributed by atoms with van der Waals surface area (Å²) in [6.45, 7) is 6.93. The number of rotatable bonds is 6. The van der Waals surface area contributed by atoms with Crippen molar-refractivity contribution >= 4 is 15.9 Å². The predicted octanol–water partition coefficient (Wildman–Crippen LogP) is 4.20. The van der Waals surface area contributed by atoms with Crippen LogP contribution < -0.4 is 15.2 Å². The average Bonchev–Trinajstić information content (AvgIpc) is 2.88. The van der Waals surface area contributed by atoms with Gasteiger partial charge in [-0.25, -0.2) is 0 Å². The smallest absolute Gasteiger partial charge is 0.162 e. The molecule has 1 unspecified atom stereocenters. The van der Waals surface area contributed by atoms with Gasteiger partial charge in [0.1, 0.15) is 5.76 Å². The Morgan fingerprint density at radius 3 is 2.29 bits per heavy atom. The molecular formula is C16H20BrNO3. The number of hydrogen-bond acceptors (Lipinski definition) is 4. The fourth-order valence-electron chi connectivity index (χ4n) is 2.13. The van der Waals surface area contributed by atoms with Gasteiger partial charge in [0.15, 0.2) is 11.5 Å². The van der Waals surface area contributed by atoms with Crippen LogP contribution in [0.15, 0.2) is 33.4 Å². The molecule has 2 aromatic rings. The zero-order chi connectivity index (χ0) is 15.4. The molecule has 0 spiro atoms. The summed E-state index contributed by atoms with van der Waals surface area (Å²) in [5, 5.41) is 0. The van der Waals surface area contributed by atoms with Crippen LogP contribution in [0.3, 0.4) is 0 Å². The van der Waals surface area contributed by atoms with E-state index in [2.05, 4.69) is 15.9 Å². The summed E-state index contributed by atoms with van der Waals surface area (Å²) >= 11 is 3.56. The Morgan fingerprint density at radius 1 is 1.14 bits per heavy atom. The van der Waals surface area contributed by atoms with Gasteiger partial charge in [-0.15, -0.1) is 0 Å². The summed E-state index contributed by atoms with van der Waals surface area (Å²) in [6, 6.07) is 5.47. The molecule has 1 aromatic heterocycles. The Morgan fingerprint density at radius 2 is 1.76 bits per heavy atom. The van der Waals surface area contributed by atoms with E-state index in [0.717, 1.165) is 21.4 Å². The molecule has 0 bridgehead atoms. The van der Waals surface area contributed by atoms with Crippen LogP contribution in [0, 0.1) is 6.92 Å². The van der Waals surface area contributed by atoms with Crippen LogP contribution in [0.1, 0.15) is 36.8 Å². The molecule has 0 aliphatic carbocycles. The largest absolute Gasteiger partial charge is 0.490 e. The zero-order valence-corrected chi connectivity index (χ0v) is 14.1. The average molecular weight is 354 g/mol. The van der Waals surface area contributed by atoms with Crippen molar-refractivity contribution in [1.29, 1.82) is 0 Å². The van der Waals surface area contributed by atoms with E-state index in [9.17, 15) is 0 Å². The van der Waals surface area contributed by atoms with Crippen molar-refractivity contribution in [2.45, 2.75) is 26.8 Å². The van der Waals surface area contributed by atoms with Crippen molar-refractivity contribution in [3.05, 3.63) is 45.8 Å². The second-order valence-corrected chi connectivity index (χ2v) is 5.51. The first kappa shape index (κ1) is 15.9. The highest BCUT2D eigenvalue weighted by atomic mass is 79.9. The quantitative estimate of drug-likeness (QED) is 0.845. The monoisotopic (exact) mass is 353 g/mol. The summed E-state index contributed by atoms with van der Waals surface area (Å²) in [5.74, 6) is 2.26. The minimum atomic E-state index is -0.285. The Bertz CT molecular complexity index is 610. The van der Waals surface area contributed by atoms with Crippen LogP contribution >= 0.6 is 15.9 Å². The van der Waals surface area contributed by atoms with Gasteiger partial charge in [-0.2, -0.15) is 0 Å². The lowest BCUT2D eigenvalue weighted by Gasteiger charge is -2.17. The van der Waals surface area contributed by atoms with E-state index in [1.54, 1.807) is 6.26 Å².